The van der Waals surface area contributed by atoms with Crippen LogP contribution in [0.5, 0.6) is 0 Å². The molecule has 156 valence electrons. The van der Waals surface area contributed by atoms with Crippen molar-refractivity contribution in [1.29, 1.82) is 0 Å². The van der Waals surface area contributed by atoms with E-state index in [4.69, 9.17) is 9.47 Å². The maximum Gasteiger partial charge on any atom is 0.323 e. The standard InChI is InChI=1S/C22H25N5O3/c28-22(26-7-11-30-12-8-26)25-21-13-16(1-6-24-21)19-15-27(17-3-9-29-10-4-17)20-14-23-5-2-18(19)20/h1-2,5-6,13-15,17H,3-4,7-12H2,(H,24,25,28). The highest BCUT2D eigenvalue weighted by atomic mass is 16.5. The molecule has 0 radical (unpaired) electrons. The second kappa shape index (κ2) is 8.41. The minimum atomic E-state index is -0.142. The van der Waals surface area contributed by atoms with Crippen LogP contribution in [0.25, 0.3) is 22.0 Å². The third kappa shape index (κ3) is 3.76. The molecule has 2 fully saturated rings. The number of amides is 2. The number of rotatable bonds is 3. The molecule has 5 heterocycles. The Bertz CT molecular complexity index is 1040. The number of anilines is 1. The van der Waals surface area contributed by atoms with E-state index in [9.17, 15) is 4.79 Å². The summed E-state index contributed by atoms with van der Waals surface area (Å²) in [7, 11) is 0. The summed E-state index contributed by atoms with van der Waals surface area (Å²) in [5, 5.41) is 4.07. The van der Waals surface area contributed by atoms with Crippen molar-refractivity contribution in [3.63, 3.8) is 0 Å². The molecule has 5 rings (SSSR count). The van der Waals surface area contributed by atoms with Gasteiger partial charge in [0.1, 0.15) is 5.82 Å². The summed E-state index contributed by atoms with van der Waals surface area (Å²) in [6.45, 7) is 3.90. The average Bonchev–Trinajstić information content (AvgIpc) is 3.20. The molecule has 0 unspecified atom stereocenters. The van der Waals surface area contributed by atoms with Gasteiger partial charge in [-0.3, -0.25) is 10.3 Å². The van der Waals surface area contributed by atoms with Crippen molar-refractivity contribution in [2.24, 2.45) is 0 Å². The molecule has 30 heavy (non-hydrogen) atoms. The van der Waals surface area contributed by atoms with E-state index in [0.717, 1.165) is 48.1 Å². The summed E-state index contributed by atoms with van der Waals surface area (Å²) in [5.41, 5.74) is 3.25. The van der Waals surface area contributed by atoms with Crippen LogP contribution >= 0.6 is 0 Å². The Morgan fingerprint density at radius 2 is 1.87 bits per heavy atom. The normalized spacial score (nSPS) is 17.9. The van der Waals surface area contributed by atoms with Gasteiger partial charge < -0.3 is 18.9 Å². The van der Waals surface area contributed by atoms with Crippen molar-refractivity contribution in [1.82, 2.24) is 19.4 Å². The third-order valence-corrected chi connectivity index (χ3v) is 5.83. The van der Waals surface area contributed by atoms with Crippen LogP contribution in [0.15, 0.2) is 43.0 Å². The number of ether oxygens (including phenoxy) is 2. The first-order valence-corrected chi connectivity index (χ1v) is 10.4. The molecule has 3 aromatic heterocycles. The number of nitrogens with zero attached hydrogens (tertiary/aromatic N) is 4. The molecule has 0 aliphatic carbocycles. The highest BCUT2D eigenvalue weighted by molar-refractivity contribution is 5.96. The van der Waals surface area contributed by atoms with Gasteiger partial charge in [-0.05, 0) is 36.6 Å². The molecule has 0 spiro atoms. The molecule has 2 aliphatic heterocycles. The van der Waals surface area contributed by atoms with E-state index in [1.54, 1.807) is 11.1 Å². The van der Waals surface area contributed by atoms with Crippen molar-refractivity contribution < 1.29 is 14.3 Å². The Kier molecular flexibility index (Phi) is 5.33. The first kappa shape index (κ1) is 19.0. The number of pyridine rings is 2. The van der Waals surface area contributed by atoms with Crippen LogP contribution in [0.3, 0.4) is 0 Å². The highest BCUT2D eigenvalue weighted by Gasteiger charge is 2.21. The predicted molar refractivity (Wildman–Crippen MR) is 113 cm³/mol. The van der Waals surface area contributed by atoms with Gasteiger partial charge in [-0.15, -0.1) is 0 Å². The zero-order valence-corrected chi connectivity index (χ0v) is 16.8. The molecule has 8 heteroatoms. The Balaban J connectivity index is 1.45. The summed E-state index contributed by atoms with van der Waals surface area (Å²) in [6.07, 6.45) is 9.68. The highest BCUT2D eigenvalue weighted by Crippen LogP contribution is 2.35. The number of hydrogen-bond donors (Lipinski definition) is 1. The van der Waals surface area contributed by atoms with Crippen LogP contribution in [0.2, 0.25) is 0 Å². The smallest absolute Gasteiger partial charge is 0.323 e. The maximum atomic E-state index is 12.5. The van der Waals surface area contributed by atoms with Crippen LogP contribution in [0.1, 0.15) is 18.9 Å². The van der Waals surface area contributed by atoms with Crippen LogP contribution in [-0.2, 0) is 9.47 Å². The largest absolute Gasteiger partial charge is 0.381 e. The topological polar surface area (TPSA) is 81.5 Å². The Labute approximate surface area is 174 Å². The SMILES string of the molecule is O=C(Nc1cc(-c2cn(C3CCOCC3)c3cnccc23)ccn1)N1CCOCC1. The molecule has 8 nitrogen and oxygen atoms in total. The van der Waals surface area contributed by atoms with Gasteiger partial charge in [0.15, 0.2) is 0 Å². The molecule has 3 aromatic rings. The molecule has 2 amide bonds. The summed E-state index contributed by atoms with van der Waals surface area (Å²) >= 11 is 0. The number of hydrogen-bond acceptors (Lipinski definition) is 5. The number of nitrogens with one attached hydrogen (secondary N) is 1. The number of urea groups is 1. The van der Waals surface area contributed by atoms with E-state index in [2.05, 4.69) is 26.0 Å². The van der Waals surface area contributed by atoms with Crippen molar-refractivity contribution in [3.05, 3.63) is 43.0 Å². The fourth-order valence-corrected chi connectivity index (χ4v) is 4.21. The van der Waals surface area contributed by atoms with Gasteiger partial charge in [0, 0.05) is 61.9 Å². The molecule has 2 saturated heterocycles. The quantitative estimate of drug-likeness (QED) is 0.720. The first-order valence-electron chi connectivity index (χ1n) is 10.4. The predicted octanol–water partition coefficient (Wildman–Crippen LogP) is 3.31. The number of aromatic nitrogens is 3. The molecule has 0 aromatic carbocycles. The van der Waals surface area contributed by atoms with Crippen molar-refractivity contribution >= 4 is 22.8 Å². The lowest BCUT2D eigenvalue weighted by Gasteiger charge is -2.26. The van der Waals surface area contributed by atoms with Gasteiger partial charge in [0.05, 0.1) is 24.9 Å². The Morgan fingerprint density at radius 3 is 2.70 bits per heavy atom. The van der Waals surface area contributed by atoms with E-state index < -0.39 is 0 Å². The number of carbonyl (C=O) groups is 1. The zero-order valence-electron chi connectivity index (χ0n) is 16.8. The monoisotopic (exact) mass is 407 g/mol. The fourth-order valence-electron chi connectivity index (χ4n) is 4.21. The Morgan fingerprint density at radius 1 is 1.07 bits per heavy atom. The number of fused-ring (bicyclic) bond motifs is 1. The Hall–Kier alpha value is -2.97. The van der Waals surface area contributed by atoms with Gasteiger partial charge in [0.25, 0.3) is 0 Å². The molecule has 0 atom stereocenters. The van der Waals surface area contributed by atoms with Gasteiger partial charge >= 0.3 is 6.03 Å². The van der Waals surface area contributed by atoms with Crippen molar-refractivity contribution in [2.45, 2.75) is 18.9 Å². The zero-order chi connectivity index (χ0) is 20.3. The second-order valence-corrected chi connectivity index (χ2v) is 7.65. The molecule has 0 saturated carbocycles. The van der Waals surface area contributed by atoms with Gasteiger partial charge in [0.2, 0.25) is 0 Å². The lowest BCUT2D eigenvalue weighted by molar-refractivity contribution is 0.0564. The minimum Gasteiger partial charge on any atom is -0.381 e. The van der Waals surface area contributed by atoms with Crippen LogP contribution in [0.4, 0.5) is 10.6 Å². The van der Waals surface area contributed by atoms with Gasteiger partial charge in [-0.2, -0.15) is 0 Å². The first-order chi connectivity index (χ1) is 14.8. The molecular weight excluding hydrogens is 382 g/mol. The fraction of sp³-hybridized carbons (Fsp3) is 0.409. The summed E-state index contributed by atoms with van der Waals surface area (Å²) in [6, 6.07) is 6.22. The number of morpholine rings is 1. The van der Waals surface area contributed by atoms with Gasteiger partial charge in [-0.25, -0.2) is 9.78 Å². The summed E-state index contributed by atoms with van der Waals surface area (Å²) in [5.74, 6) is 0.546. The van der Waals surface area contributed by atoms with Crippen LogP contribution in [-0.4, -0.2) is 65.0 Å². The van der Waals surface area contributed by atoms with E-state index in [1.165, 1.54) is 0 Å². The summed E-state index contributed by atoms with van der Waals surface area (Å²) in [4.78, 5) is 23.0. The maximum absolute atomic E-state index is 12.5. The van der Waals surface area contributed by atoms with E-state index in [0.29, 0.717) is 38.2 Å². The molecule has 1 N–H and O–H groups in total. The minimum absolute atomic E-state index is 0.142. The lowest BCUT2D eigenvalue weighted by Crippen LogP contribution is -2.43. The lowest BCUT2D eigenvalue weighted by atomic mass is 10.1. The van der Waals surface area contributed by atoms with Crippen molar-refractivity contribution in [3.8, 4) is 11.1 Å². The van der Waals surface area contributed by atoms with Gasteiger partial charge in [-0.1, -0.05) is 0 Å². The molecular formula is C22H25N5O3. The van der Waals surface area contributed by atoms with E-state index in [-0.39, 0.29) is 6.03 Å². The molecule has 2 aliphatic rings. The van der Waals surface area contributed by atoms with E-state index >= 15 is 0 Å². The van der Waals surface area contributed by atoms with Crippen LogP contribution in [0, 0.1) is 0 Å². The van der Waals surface area contributed by atoms with Crippen molar-refractivity contribution in [2.75, 3.05) is 44.8 Å². The average molecular weight is 407 g/mol. The summed E-state index contributed by atoms with van der Waals surface area (Å²) < 4.78 is 13.2. The van der Waals surface area contributed by atoms with Crippen LogP contribution < -0.4 is 5.32 Å². The third-order valence-electron chi connectivity index (χ3n) is 5.83. The molecule has 0 bridgehead atoms. The number of carbonyl (C=O) groups excluding carboxylic acids is 1. The van der Waals surface area contributed by atoms with E-state index in [1.807, 2.05) is 30.6 Å². The second-order valence-electron chi connectivity index (χ2n) is 7.65.